The van der Waals surface area contributed by atoms with Gasteiger partial charge in [0.1, 0.15) is 29.9 Å². The number of aromatic nitrogens is 5. The molecular weight excluding hydrogens is 388 g/mol. The summed E-state index contributed by atoms with van der Waals surface area (Å²) in [7, 11) is 1.89. The molecule has 0 aliphatic heterocycles. The second-order valence-electron chi connectivity index (χ2n) is 7.02. The van der Waals surface area contributed by atoms with Gasteiger partial charge in [0.15, 0.2) is 0 Å². The van der Waals surface area contributed by atoms with Crippen molar-refractivity contribution in [1.29, 1.82) is 0 Å². The summed E-state index contributed by atoms with van der Waals surface area (Å²) in [6.07, 6.45) is 6.17. The molecule has 0 aliphatic rings. The predicted octanol–water partition coefficient (Wildman–Crippen LogP) is 3.56. The summed E-state index contributed by atoms with van der Waals surface area (Å²) in [4.78, 5) is 7.98. The van der Waals surface area contributed by atoms with Gasteiger partial charge < -0.3 is 9.67 Å². The highest BCUT2D eigenvalue weighted by Crippen LogP contribution is 2.38. The van der Waals surface area contributed by atoms with Gasteiger partial charge in [0.05, 0.1) is 24.8 Å². The molecule has 0 amide bonds. The van der Waals surface area contributed by atoms with Crippen molar-refractivity contribution in [3.8, 4) is 11.3 Å². The van der Waals surface area contributed by atoms with Crippen LogP contribution < -0.4 is 0 Å². The van der Waals surface area contributed by atoms with E-state index in [1.807, 2.05) is 23.7 Å². The Morgan fingerprint density at radius 3 is 2.47 bits per heavy atom. The lowest BCUT2D eigenvalue weighted by molar-refractivity contribution is 0.0726. The summed E-state index contributed by atoms with van der Waals surface area (Å²) < 4.78 is 31.4. The van der Waals surface area contributed by atoms with Gasteiger partial charge >= 0.3 is 0 Å². The molecule has 0 saturated heterocycles. The lowest BCUT2D eigenvalue weighted by Crippen LogP contribution is -2.34. The second-order valence-corrected chi connectivity index (χ2v) is 7.02. The number of aryl methyl sites for hydroxylation is 1. The smallest absolute Gasteiger partial charge is 0.137 e. The third-order valence-electron chi connectivity index (χ3n) is 5.08. The number of nitrogens with zero attached hydrogens (tertiary/aromatic N) is 5. The molecule has 0 saturated carbocycles. The maximum absolute atomic E-state index is 14.6. The van der Waals surface area contributed by atoms with Crippen molar-refractivity contribution in [2.24, 2.45) is 7.05 Å². The first-order valence-electron chi connectivity index (χ1n) is 9.15. The highest BCUT2D eigenvalue weighted by atomic mass is 19.1. The number of hydrogen-bond donors (Lipinski definition) is 1. The zero-order valence-corrected chi connectivity index (χ0v) is 16.2. The van der Waals surface area contributed by atoms with Crippen LogP contribution in [0, 0.1) is 11.6 Å². The van der Waals surface area contributed by atoms with Crippen molar-refractivity contribution < 1.29 is 13.9 Å². The number of imidazole rings is 1. The maximum Gasteiger partial charge on any atom is 0.137 e. The Hall–Kier alpha value is -3.65. The number of halogens is 2. The molecule has 4 aromatic rings. The standard InChI is InChI=1S/C22H19F2N5O/c1-15(16-3-5-17(6-4-16)21-10-25-13-28(21)2)22(30,11-29-14-26-12-27-29)19-8-7-18(23)9-20(19)24/h3-10,12-14,30H,1,11H2,2H3/t22-/m1/s1. The Kier molecular flexibility index (Phi) is 5.01. The average molecular weight is 407 g/mol. The quantitative estimate of drug-likeness (QED) is 0.531. The van der Waals surface area contributed by atoms with E-state index in [-0.39, 0.29) is 17.7 Å². The van der Waals surface area contributed by atoms with Crippen LogP contribution in [-0.4, -0.2) is 29.4 Å². The van der Waals surface area contributed by atoms with Crippen LogP contribution in [0.4, 0.5) is 8.78 Å². The Morgan fingerprint density at radius 2 is 1.87 bits per heavy atom. The van der Waals surface area contributed by atoms with Gasteiger partial charge in [-0.2, -0.15) is 5.10 Å². The number of benzene rings is 2. The summed E-state index contributed by atoms with van der Waals surface area (Å²) in [5.41, 5.74) is 0.737. The largest absolute Gasteiger partial charge is 0.378 e. The van der Waals surface area contributed by atoms with Gasteiger partial charge in [-0.25, -0.2) is 23.4 Å². The molecule has 4 rings (SSSR count). The van der Waals surface area contributed by atoms with E-state index < -0.39 is 17.2 Å². The van der Waals surface area contributed by atoms with Gasteiger partial charge in [0.2, 0.25) is 0 Å². The van der Waals surface area contributed by atoms with Crippen LogP contribution in [0.25, 0.3) is 16.8 Å². The van der Waals surface area contributed by atoms with Crippen LogP contribution >= 0.6 is 0 Å². The van der Waals surface area contributed by atoms with E-state index >= 15 is 0 Å². The topological polar surface area (TPSA) is 68.8 Å². The molecule has 30 heavy (non-hydrogen) atoms. The lowest BCUT2D eigenvalue weighted by Gasteiger charge is -2.31. The van der Waals surface area contributed by atoms with Crippen molar-refractivity contribution in [2.45, 2.75) is 12.1 Å². The average Bonchev–Trinajstić information content (AvgIpc) is 3.39. The summed E-state index contributed by atoms with van der Waals surface area (Å²) in [6, 6.07) is 10.4. The van der Waals surface area contributed by atoms with E-state index in [1.54, 1.807) is 24.7 Å². The van der Waals surface area contributed by atoms with Crippen LogP contribution in [0.5, 0.6) is 0 Å². The summed E-state index contributed by atoms with van der Waals surface area (Å²) in [6.45, 7) is 3.90. The molecule has 0 bridgehead atoms. The highest BCUT2D eigenvalue weighted by molar-refractivity contribution is 5.74. The fourth-order valence-electron chi connectivity index (χ4n) is 3.43. The Labute approximate surface area is 171 Å². The molecule has 152 valence electrons. The first-order valence-corrected chi connectivity index (χ1v) is 9.15. The molecule has 0 spiro atoms. The van der Waals surface area contributed by atoms with Gasteiger partial charge in [0, 0.05) is 18.7 Å². The zero-order valence-electron chi connectivity index (χ0n) is 16.2. The normalized spacial score (nSPS) is 13.2. The van der Waals surface area contributed by atoms with Crippen molar-refractivity contribution in [3.05, 3.63) is 97.0 Å². The number of rotatable bonds is 6. The van der Waals surface area contributed by atoms with Crippen LogP contribution in [-0.2, 0) is 19.2 Å². The Bertz CT molecular complexity index is 1180. The van der Waals surface area contributed by atoms with Crippen LogP contribution in [0.3, 0.4) is 0 Å². The SMILES string of the molecule is C=C(c1ccc(-c2cncn2C)cc1)[C@](O)(Cn1cncn1)c1ccc(F)cc1F. The molecule has 2 heterocycles. The third-order valence-corrected chi connectivity index (χ3v) is 5.08. The molecule has 0 aliphatic carbocycles. The van der Waals surface area contributed by atoms with E-state index in [1.165, 1.54) is 23.4 Å². The van der Waals surface area contributed by atoms with Gasteiger partial charge in [-0.3, -0.25) is 0 Å². The first-order chi connectivity index (χ1) is 14.4. The molecule has 8 heteroatoms. The van der Waals surface area contributed by atoms with Gasteiger partial charge in [0.25, 0.3) is 0 Å². The van der Waals surface area contributed by atoms with E-state index in [0.29, 0.717) is 5.56 Å². The molecule has 1 atom stereocenters. The van der Waals surface area contributed by atoms with Crippen molar-refractivity contribution in [1.82, 2.24) is 24.3 Å². The van der Waals surface area contributed by atoms with E-state index in [4.69, 9.17) is 0 Å². The lowest BCUT2D eigenvalue weighted by atomic mass is 9.82. The highest BCUT2D eigenvalue weighted by Gasteiger charge is 2.37. The minimum Gasteiger partial charge on any atom is -0.378 e. The molecular formula is C22H19F2N5O. The van der Waals surface area contributed by atoms with Crippen molar-refractivity contribution in [3.63, 3.8) is 0 Å². The fourth-order valence-corrected chi connectivity index (χ4v) is 3.43. The van der Waals surface area contributed by atoms with Gasteiger partial charge in [-0.05, 0) is 28.8 Å². The molecule has 0 fully saturated rings. The van der Waals surface area contributed by atoms with Crippen LogP contribution in [0.15, 0.2) is 74.2 Å². The minimum absolute atomic E-state index is 0.0971. The van der Waals surface area contributed by atoms with E-state index in [2.05, 4.69) is 21.6 Å². The summed E-state index contributed by atoms with van der Waals surface area (Å²) in [5, 5.41) is 15.6. The van der Waals surface area contributed by atoms with Crippen molar-refractivity contribution >= 4 is 5.57 Å². The van der Waals surface area contributed by atoms with Gasteiger partial charge in [-0.15, -0.1) is 0 Å². The fraction of sp³-hybridized carbons (Fsp3) is 0.136. The van der Waals surface area contributed by atoms with E-state index in [0.717, 1.165) is 23.4 Å². The maximum atomic E-state index is 14.6. The molecule has 0 radical (unpaired) electrons. The third kappa shape index (κ3) is 3.53. The molecule has 1 N–H and O–H groups in total. The van der Waals surface area contributed by atoms with Crippen molar-refractivity contribution in [2.75, 3.05) is 0 Å². The Morgan fingerprint density at radius 1 is 1.10 bits per heavy atom. The van der Waals surface area contributed by atoms with Crippen LogP contribution in [0.2, 0.25) is 0 Å². The van der Waals surface area contributed by atoms with Crippen LogP contribution in [0.1, 0.15) is 11.1 Å². The Balaban J connectivity index is 1.75. The number of hydrogen-bond acceptors (Lipinski definition) is 4. The molecule has 2 aromatic heterocycles. The molecule has 0 unspecified atom stereocenters. The molecule has 2 aromatic carbocycles. The van der Waals surface area contributed by atoms with Gasteiger partial charge in [-0.1, -0.05) is 30.8 Å². The monoisotopic (exact) mass is 407 g/mol. The second kappa shape index (κ2) is 7.64. The first kappa shape index (κ1) is 19.7. The summed E-state index contributed by atoms with van der Waals surface area (Å²) >= 11 is 0. The zero-order chi connectivity index (χ0) is 21.3. The van der Waals surface area contributed by atoms with E-state index in [9.17, 15) is 13.9 Å². The number of aliphatic hydroxyl groups is 1. The molecule has 6 nitrogen and oxygen atoms in total. The predicted molar refractivity (Wildman–Crippen MR) is 108 cm³/mol. The minimum atomic E-state index is -1.88. The summed E-state index contributed by atoms with van der Waals surface area (Å²) in [5.74, 6) is -1.60.